The van der Waals surface area contributed by atoms with Crippen LogP contribution in [0.2, 0.25) is 0 Å². The average Bonchev–Trinajstić information content (AvgIpc) is 3.51. The molecule has 1 saturated carbocycles. The highest BCUT2D eigenvalue weighted by Gasteiger charge is 2.77. The lowest BCUT2D eigenvalue weighted by molar-refractivity contribution is -0.343. The topological polar surface area (TPSA) is 173 Å². The third-order valence-corrected chi connectivity index (χ3v) is 8.70. The van der Waals surface area contributed by atoms with Crippen molar-refractivity contribution in [1.82, 2.24) is 4.98 Å². The van der Waals surface area contributed by atoms with Gasteiger partial charge in [0.1, 0.15) is 11.7 Å². The molecule has 3 aromatic carbocycles. The van der Waals surface area contributed by atoms with Crippen LogP contribution < -0.4 is 4.74 Å². The Balaban J connectivity index is 1.31. The van der Waals surface area contributed by atoms with Crippen molar-refractivity contribution in [3.8, 4) is 5.75 Å². The number of carbonyl (C=O) groups is 1. The number of esters is 1. The van der Waals surface area contributed by atoms with Gasteiger partial charge in [-0.05, 0) is 52.2 Å². The predicted molar refractivity (Wildman–Crippen MR) is 138 cm³/mol. The van der Waals surface area contributed by atoms with Gasteiger partial charge in [-0.2, -0.15) is 0 Å². The maximum Gasteiger partial charge on any atom is 0.343 e. The van der Waals surface area contributed by atoms with Gasteiger partial charge in [0.25, 0.3) is 0 Å². The van der Waals surface area contributed by atoms with Crippen molar-refractivity contribution in [2.24, 2.45) is 5.92 Å². The Kier molecular flexibility index (Phi) is 5.12. The van der Waals surface area contributed by atoms with Gasteiger partial charge in [-0.3, -0.25) is 0 Å². The number of aromatic nitrogens is 1. The standard InChI is InChI=1S/C29H27NO9/c31-13-21-23(22-19-10-15-4-2-1-3-14(15)9-16(19)5-6-20(22)30-21)38-26(34)24-25(33)27(35)8-7-17-11-18(32)12-28(17,36)29(27,37)39-24/h1-10,17-18,24-25,30-33,35-37H,11-13H2. The number of aliphatic hydroxyl groups excluding tert-OH is 3. The van der Waals surface area contributed by atoms with Crippen molar-refractivity contribution >= 4 is 38.4 Å². The summed E-state index contributed by atoms with van der Waals surface area (Å²) in [7, 11) is 0. The van der Waals surface area contributed by atoms with Crippen molar-refractivity contribution < 1.29 is 44.9 Å². The molecule has 1 aromatic heterocycles. The quantitative estimate of drug-likeness (QED) is 0.116. The lowest BCUT2D eigenvalue weighted by Crippen LogP contribution is -2.70. The second kappa shape index (κ2) is 8.09. The van der Waals surface area contributed by atoms with Gasteiger partial charge in [0.2, 0.25) is 5.79 Å². The molecule has 7 atom stereocenters. The molecule has 4 aromatic rings. The van der Waals surface area contributed by atoms with E-state index in [-0.39, 0.29) is 24.3 Å². The van der Waals surface area contributed by atoms with E-state index in [4.69, 9.17) is 9.47 Å². The largest absolute Gasteiger partial charge is 0.422 e. The number of H-pyrrole nitrogens is 1. The number of hydrogen-bond acceptors (Lipinski definition) is 9. The van der Waals surface area contributed by atoms with E-state index in [2.05, 4.69) is 4.98 Å². The van der Waals surface area contributed by atoms with Crippen molar-refractivity contribution in [2.75, 3.05) is 0 Å². The van der Waals surface area contributed by atoms with Crippen LogP contribution in [0.5, 0.6) is 5.75 Å². The van der Waals surface area contributed by atoms with Gasteiger partial charge in [-0.15, -0.1) is 0 Å². The third kappa shape index (κ3) is 3.13. The Morgan fingerprint density at radius 2 is 1.79 bits per heavy atom. The number of fused-ring (bicyclic) bond motifs is 7. The first kappa shape index (κ1) is 24.7. The van der Waals surface area contributed by atoms with Crippen molar-refractivity contribution in [2.45, 2.75) is 54.7 Å². The molecule has 2 heterocycles. The smallest absolute Gasteiger partial charge is 0.343 e. The molecule has 2 aliphatic carbocycles. The highest BCUT2D eigenvalue weighted by atomic mass is 16.7. The number of aromatic amines is 1. The van der Waals surface area contributed by atoms with Gasteiger partial charge in [-0.25, -0.2) is 4.79 Å². The molecule has 0 radical (unpaired) electrons. The Morgan fingerprint density at radius 1 is 1.05 bits per heavy atom. The lowest BCUT2D eigenvalue weighted by Gasteiger charge is -2.49. The summed E-state index contributed by atoms with van der Waals surface area (Å²) in [6, 6.07) is 15.5. The van der Waals surface area contributed by atoms with Crippen LogP contribution >= 0.6 is 0 Å². The number of ether oxygens (including phenoxy) is 2. The number of benzene rings is 3. The van der Waals surface area contributed by atoms with Crippen LogP contribution in [0.25, 0.3) is 32.4 Å². The van der Waals surface area contributed by atoms with Crippen molar-refractivity contribution in [3.05, 3.63) is 66.4 Å². The normalized spacial score (nSPS) is 35.5. The first-order valence-electron chi connectivity index (χ1n) is 12.8. The zero-order chi connectivity index (χ0) is 27.3. The van der Waals surface area contributed by atoms with Crippen molar-refractivity contribution in [3.63, 3.8) is 0 Å². The maximum atomic E-state index is 13.5. The predicted octanol–water partition coefficient (Wildman–Crippen LogP) is 1.12. The molecule has 202 valence electrons. The zero-order valence-electron chi connectivity index (χ0n) is 20.6. The Morgan fingerprint density at radius 3 is 2.54 bits per heavy atom. The SMILES string of the molecule is O=C(Oc1c(CO)[nH]c2ccc3cc4ccccc4cc3c12)C1OC2(O)C(O)(C=CC3CC(O)CC32O)C1O. The Bertz CT molecular complexity index is 1700. The van der Waals surface area contributed by atoms with Gasteiger partial charge in [0, 0.05) is 12.3 Å². The van der Waals surface area contributed by atoms with E-state index >= 15 is 0 Å². The summed E-state index contributed by atoms with van der Waals surface area (Å²) in [5.41, 5.74) is -3.89. The summed E-state index contributed by atoms with van der Waals surface area (Å²) in [5, 5.41) is 69.4. The number of nitrogens with one attached hydrogen (secondary N) is 1. The fraction of sp³-hybridized carbons (Fsp3) is 0.345. The molecule has 0 spiro atoms. The maximum absolute atomic E-state index is 13.5. The van der Waals surface area contributed by atoms with Crippen molar-refractivity contribution in [1.29, 1.82) is 0 Å². The van der Waals surface area contributed by atoms with Crippen LogP contribution in [0.3, 0.4) is 0 Å². The van der Waals surface area contributed by atoms with Crippen LogP contribution in [0, 0.1) is 5.92 Å². The van der Waals surface area contributed by atoms with Gasteiger partial charge in [0.15, 0.2) is 17.5 Å². The first-order valence-corrected chi connectivity index (χ1v) is 12.8. The van der Waals surface area contributed by atoms with Gasteiger partial charge < -0.3 is 45.1 Å². The summed E-state index contributed by atoms with van der Waals surface area (Å²) >= 11 is 0. The van der Waals surface area contributed by atoms with Crippen LogP contribution in [-0.4, -0.2) is 76.9 Å². The molecule has 10 nitrogen and oxygen atoms in total. The fourth-order valence-electron chi connectivity index (χ4n) is 6.70. The molecule has 1 aliphatic heterocycles. The van der Waals surface area contributed by atoms with Gasteiger partial charge in [-0.1, -0.05) is 36.4 Å². The summed E-state index contributed by atoms with van der Waals surface area (Å²) in [6.45, 7) is -0.490. The Labute approximate surface area is 221 Å². The van der Waals surface area contributed by atoms with Gasteiger partial charge >= 0.3 is 5.97 Å². The third-order valence-electron chi connectivity index (χ3n) is 8.70. The van der Waals surface area contributed by atoms with Crippen LogP contribution in [0.15, 0.2) is 60.7 Å². The molecule has 7 unspecified atom stereocenters. The molecule has 7 rings (SSSR count). The summed E-state index contributed by atoms with van der Waals surface area (Å²) < 4.78 is 11.3. The monoisotopic (exact) mass is 533 g/mol. The van der Waals surface area contributed by atoms with E-state index in [0.29, 0.717) is 10.9 Å². The molecule has 0 bridgehead atoms. The number of rotatable bonds is 3. The highest BCUT2D eigenvalue weighted by molar-refractivity contribution is 6.14. The fourth-order valence-corrected chi connectivity index (χ4v) is 6.70. The molecule has 3 aliphatic rings. The molecule has 2 fully saturated rings. The minimum atomic E-state index is -2.79. The van der Waals surface area contributed by atoms with E-state index in [0.717, 1.165) is 27.6 Å². The van der Waals surface area contributed by atoms with Crippen LogP contribution in [-0.2, 0) is 16.1 Å². The molecular formula is C29H27NO9. The summed E-state index contributed by atoms with van der Waals surface area (Å²) in [4.78, 5) is 16.6. The molecular weight excluding hydrogens is 506 g/mol. The summed E-state index contributed by atoms with van der Waals surface area (Å²) in [5.74, 6) is -4.67. The minimum Gasteiger partial charge on any atom is -0.422 e. The molecule has 7 N–H and O–H groups in total. The number of aliphatic hydroxyl groups is 6. The molecule has 10 heteroatoms. The van der Waals surface area contributed by atoms with E-state index in [9.17, 15) is 35.4 Å². The van der Waals surface area contributed by atoms with Gasteiger partial charge in [0.05, 0.1) is 29.3 Å². The second-order valence-electron chi connectivity index (χ2n) is 10.9. The van der Waals surface area contributed by atoms with E-state index in [1.54, 1.807) is 6.07 Å². The number of hydrogen-bond donors (Lipinski definition) is 7. The molecule has 1 saturated heterocycles. The van der Waals surface area contributed by atoms with Crippen LogP contribution in [0.1, 0.15) is 18.5 Å². The zero-order valence-corrected chi connectivity index (χ0v) is 20.6. The number of carbonyl (C=O) groups excluding carboxylic acids is 1. The highest BCUT2D eigenvalue weighted by Crippen LogP contribution is 2.57. The van der Waals surface area contributed by atoms with E-state index in [1.165, 1.54) is 6.08 Å². The van der Waals surface area contributed by atoms with E-state index in [1.807, 2.05) is 42.5 Å². The minimum absolute atomic E-state index is 0.0199. The second-order valence-corrected chi connectivity index (χ2v) is 10.9. The van der Waals surface area contributed by atoms with Crippen LogP contribution in [0.4, 0.5) is 0 Å². The molecule has 0 amide bonds. The summed E-state index contributed by atoms with van der Waals surface area (Å²) in [6.07, 6.45) is -2.58. The lowest BCUT2D eigenvalue weighted by atomic mass is 9.68. The first-order chi connectivity index (χ1) is 18.6. The molecule has 39 heavy (non-hydrogen) atoms. The average molecular weight is 534 g/mol. The van der Waals surface area contributed by atoms with E-state index < -0.39 is 53.8 Å². The Hall–Kier alpha value is -3.35.